The van der Waals surface area contributed by atoms with Crippen molar-refractivity contribution in [2.45, 2.75) is 13.3 Å². The SMILES string of the molecule is C=CCNc1nnc(Cc2ccc(OCC)cc2)c(=O)[nH]1. The summed E-state index contributed by atoms with van der Waals surface area (Å²) in [6, 6.07) is 7.58. The van der Waals surface area contributed by atoms with Crippen LogP contribution < -0.4 is 15.6 Å². The molecule has 6 nitrogen and oxygen atoms in total. The Morgan fingerprint density at radius 1 is 1.33 bits per heavy atom. The lowest BCUT2D eigenvalue weighted by atomic mass is 10.1. The average Bonchev–Trinajstić information content (AvgIpc) is 2.50. The Morgan fingerprint density at radius 2 is 2.10 bits per heavy atom. The first kappa shape index (κ1) is 14.8. The monoisotopic (exact) mass is 286 g/mol. The Balaban J connectivity index is 2.08. The summed E-state index contributed by atoms with van der Waals surface area (Å²) in [6.07, 6.45) is 2.10. The van der Waals surface area contributed by atoms with Crippen LogP contribution in [0.3, 0.4) is 0 Å². The molecule has 1 aromatic carbocycles. The fourth-order valence-electron chi connectivity index (χ4n) is 1.79. The number of aromatic nitrogens is 3. The predicted octanol–water partition coefficient (Wildman–Crippen LogP) is 1.75. The molecule has 0 atom stereocenters. The van der Waals surface area contributed by atoms with Gasteiger partial charge in [0.25, 0.3) is 5.56 Å². The van der Waals surface area contributed by atoms with Gasteiger partial charge in [0.15, 0.2) is 0 Å². The Bertz CT molecular complexity index is 649. The van der Waals surface area contributed by atoms with Gasteiger partial charge < -0.3 is 10.1 Å². The zero-order valence-electron chi connectivity index (χ0n) is 11.9. The van der Waals surface area contributed by atoms with E-state index in [1.165, 1.54) is 0 Å². The molecule has 1 heterocycles. The van der Waals surface area contributed by atoms with Crippen molar-refractivity contribution in [3.63, 3.8) is 0 Å². The highest BCUT2D eigenvalue weighted by molar-refractivity contribution is 5.30. The molecule has 0 fully saturated rings. The van der Waals surface area contributed by atoms with Gasteiger partial charge in [0.05, 0.1) is 6.61 Å². The fraction of sp³-hybridized carbons (Fsp3) is 0.267. The summed E-state index contributed by atoms with van der Waals surface area (Å²) >= 11 is 0. The van der Waals surface area contributed by atoms with Crippen molar-refractivity contribution in [2.75, 3.05) is 18.5 Å². The van der Waals surface area contributed by atoms with E-state index in [0.717, 1.165) is 11.3 Å². The minimum atomic E-state index is -0.245. The van der Waals surface area contributed by atoms with Crippen LogP contribution in [-0.4, -0.2) is 28.3 Å². The van der Waals surface area contributed by atoms with Gasteiger partial charge in [-0.25, -0.2) is 0 Å². The smallest absolute Gasteiger partial charge is 0.274 e. The van der Waals surface area contributed by atoms with Gasteiger partial charge in [-0.15, -0.1) is 16.8 Å². The molecular formula is C15H18N4O2. The average molecular weight is 286 g/mol. The molecule has 2 aromatic rings. The van der Waals surface area contributed by atoms with E-state index >= 15 is 0 Å². The Kier molecular flexibility index (Phi) is 5.09. The summed E-state index contributed by atoms with van der Waals surface area (Å²) < 4.78 is 5.38. The lowest BCUT2D eigenvalue weighted by Crippen LogP contribution is -2.19. The van der Waals surface area contributed by atoms with Gasteiger partial charge in [0.1, 0.15) is 11.4 Å². The number of aromatic amines is 1. The number of anilines is 1. The first-order chi connectivity index (χ1) is 10.2. The Labute approximate surface area is 122 Å². The molecule has 0 bridgehead atoms. The van der Waals surface area contributed by atoms with Crippen LogP contribution in [0.15, 0.2) is 41.7 Å². The van der Waals surface area contributed by atoms with E-state index in [1.54, 1.807) is 6.08 Å². The largest absolute Gasteiger partial charge is 0.494 e. The van der Waals surface area contributed by atoms with E-state index < -0.39 is 0 Å². The van der Waals surface area contributed by atoms with E-state index in [9.17, 15) is 4.79 Å². The van der Waals surface area contributed by atoms with Crippen molar-refractivity contribution >= 4 is 5.95 Å². The Hall–Kier alpha value is -2.63. The molecule has 1 aromatic heterocycles. The molecule has 0 radical (unpaired) electrons. The third-order valence-electron chi connectivity index (χ3n) is 2.78. The van der Waals surface area contributed by atoms with Gasteiger partial charge in [0.2, 0.25) is 5.95 Å². The molecule has 0 aliphatic carbocycles. The summed E-state index contributed by atoms with van der Waals surface area (Å²) in [5, 5.41) is 10.8. The van der Waals surface area contributed by atoms with Crippen molar-refractivity contribution in [3.05, 3.63) is 58.5 Å². The van der Waals surface area contributed by atoms with Crippen LogP contribution >= 0.6 is 0 Å². The molecule has 0 saturated heterocycles. The molecule has 2 rings (SSSR count). The summed E-state index contributed by atoms with van der Waals surface area (Å²) in [7, 11) is 0. The number of benzene rings is 1. The highest BCUT2D eigenvalue weighted by atomic mass is 16.5. The van der Waals surface area contributed by atoms with Crippen molar-refractivity contribution in [1.29, 1.82) is 0 Å². The topological polar surface area (TPSA) is 79.9 Å². The molecule has 0 amide bonds. The minimum absolute atomic E-state index is 0.245. The third-order valence-corrected chi connectivity index (χ3v) is 2.78. The second-order valence-corrected chi connectivity index (χ2v) is 4.37. The predicted molar refractivity (Wildman–Crippen MR) is 81.8 cm³/mol. The summed E-state index contributed by atoms with van der Waals surface area (Å²) in [5.41, 5.74) is 1.11. The molecule has 6 heteroatoms. The maximum absolute atomic E-state index is 11.9. The van der Waals surface area contributed by atoms with E-state index in [-0.39, 0.29) is 5.56 Å². The van der Waals surface area contributed by atoms with Gasteiger partial charge in [-0.1, -0.05) is 18.2 Å². The maximum atomic E-state index is 11.9. The molecule has 2 N–H and O–H groups in total. The van der Waals surface area contributed by atoms with Crippen LogP contribution in [0.25, 0.3) is 0 Å². The molecule has 21 heavy (non-hydrogen) atoms. The number of rotatable bonds is 7. The van der Waals surface area contributed by atoms with Crippen LogP contribution in [0, 0.1) is 0 Å². The van der Waals surface area contributed by atoms with Crippen molar-refractivity contribution < 1.29 is 4.74 Å². The quantitative estimate of drug-likeness (QED) is 0.758. The molecule has 0 unspecified atom stereocenters. The number of ether oxygens (including phenoxy) is 1. The van der Waals surface area contributed by atoms with Gasteiger partial charge in [0, 0.05) is 13.0 Å². The molecule has 0 saturated carbocycles. The normalized spacial score (nSPS) is 10.1. The lowest BCUT2D eigenvalue weighted by Gasteiger charge is -2.05. The van der Waals surface area contributed by atoms with Crippen molar-refractivity contribution in [1.82, 2.24) is 15.2 Å². The number of H-pyrrole nitrogens is 1. The summed E-state index contributed by atoms with van der Waals surface area (Å²) in [4.78, 5) is 14.6. The molecule has 110 valence electrons. The lowest BCUT2D eigenvalue weighted by molar-refractivity contribution is 0.340. The van der Waals surface area contributed by atoms with Gasteiger partial charge >= 0.3 is 0 Å². The molecule has 0 aliphatic heterocycles. The summed E-state index contributed by atoms with van der Waals surface area (Å²) in [5.74, 6) is 1.15. The van der Waals surface area contributed by atoms with Gasteiger partial charge in [-0.3, -0.25) is 9.78 Å². The zero-order chi connectivity index (χ0) is 15.1. The van der Waals surface area contributed by atoms with Gasteiger partial charge in [-0.05, 0) is 24.6 Å². The molecular weight excluding hydrogens is 268 g/mol. The maximum Gasteiger partial charge on any atom is 0.274 e. The molecule has 0 aliphatic rings. The third kappa shape index (κ3) is 4.17. The summed E-state index contributed by atoms with van der Waals surface area (Å²) in [6.45, 7) is 6.66. The fourth-order valence-corrected chi connectivity index (χ4v) is 1.79. The van der Waals surface area contributed by atoms with Crippen LogP contribution in [0.2, 0.25) is 0 Å². The van der Waals surface area contributed by atoms with Crippen molar-refractivity contribution in [3.8, 4) is 5.75 Å². The number of hydrogen-bond acceptors (Lipinski definition) is 5. The van der Waals surface area contributed by atoms with Crippen LogP contribution in [0.4, 0.5) is 5.95 Å². The highest BCUT2D eigenvalue weighted by Gasteiger charge is 2.06. The zero-order valence-corrected chi connectivity index (χ0v) is 11.9. The highest BCUT2D eigenvalue weighted by Crippen LogP contribution is 2.13. The van der Waals surface area contributed by atoms with Crippen LogP contribution in [0.1, 0.15) is 18.2 Å². The molecule has 0 spiro atoms. The second-order valence-electron chi connectivity index (χ2n) is 4.37. The number of nitrogens with zero attached hydrogens (tertiary/aromatic N) is 2. The van der Waals surface area contributed by atoms with E-state index in [4.69, 9.17) is 4.74 Å². The number of nitrogens with one attached hydrogen (secondary N) is 2. The first-order valence-corrected chi connectivity index (χ1v) is 6.75. The van der Waals surface area contributed by atoms with E-state index in [2.05, 4.69) is 27.1 Å². The van der Waals surface area contributed by atoms with E-state index in [0.29, 0.717) is 31.2 Å². The van der Waals surface area contributed by atoms with Crippen LogP contribution in [-0.2, 0) is 6.42 Å². The Morgan fingerprint density at radius 3 is 2.71 bits per heavy atom. The minimum Gasteiger partial charge on any atom is -0.494 e. The van der Waals surface area contributed by atoms with Crippen molar-refractivity contribution in [2.24, 2.45) is 0 Å². The standard InChI is InChI=1S/C15H18N4O2/c1-3-9-16-15-17-14(20)13(18-19-15)10-11-5-7-12(8-6-11)21-4-2/h3,5-8H,1,4,9-10H2,2H3,(H2,16,17,19,20). The van der Waals surface area contributed by atoms with Crippen LogP contribution in [0.5, 0.6) is 5.75 Å². The van der Waals surface area contributed by atoms with Gasteiger partial charge in [-0.2, -0.15) is 0 Å². The second kappa shape index (κ2) is 7.23. The first-order valence-electron chi connectivity index (χ1n) is 6.75. The number of hydrogen-bond donors (Lipinski definition) is 2. The van der Waals surface area contributed by atoms with E-state index in [1.807, 2.05) is 31.2 Å².